The zero-order chi connectivity index (χ0) is 20.9. The molecule has 0 radical (unpaired) electrons. The third-order valence-corrected chi connectivity index (χ3v) is 6.78. The van der Waals surface area contributed by atoms with Crippen molar-refractivity contribution >= 4 is 21.6 Å². The predicted molar refractivity (Wildman–Crippen MR) is 111 cm³/mol. The number of methoxy groups -OCH3 is 2. The van der Waals surface area contributed by atoms with E-state index in [-0.39, 0.29) is 17.2 Å². The molecular weight excluding hydrogens is 392 g/mol. The smallest absolute Gasteiger partial charge is 0.243 e. The van der Waals surface area contributed by atoms with Gasteiger partial charge in [0.05, 0.1) is 25.5 Å². The lowest BCUT2D eigenvalue weighted by atomic mass is 10.1. The highest BCUT2D eigenvalue weighted by atomic mass is 32.2. The maximum Gasteiger partial charge on any atom is 0.243 e. The number of nitrogens with one attached hydrogen (secondary N) is 1. The lowest BCUT2D eigenvalue weighted by Crippen LogP contribution is -2.35. The third-order valence-electron chi connectivity index (χ3n) is 4.88. The summed E-state index contributed by atoms with van der Waals surface area (Å²) in [5.41, 5.74) is 1.21. The van der Waals surface area contributed by atoms with Crippen LogP contribution in [0.4, 0.5) is 5.69 Å². The first kappa shape index (κ1) is 21.1. The Hall–Kier alpha value is -2.58. The van der Waals surface area contributed by atoms with E-state index in [2.05, 4.69) is 5.32 Å². The zero-order valence-corrected chi connectivity index (χ0v) is 17.5. The summed E-state index contributed by atoms with van der Waals surface area (Å²) in [5, 5.41) is 2.78. The van der Waals surface area contributed by atoms with Crippen molar-refractivity contribution in [3.8, 4) is 11.5 Å². The number of nitrogens with zero attached hydrogens (tertiary/aromatic N) is 1. The Morgan fingerprint density at radius 1 is 1.00 bits per heavy atom. The van der Waals surface area contributed by atoms with Crippen LogP contribution in [0.15, 0.2) is 47.4 Å². The van der Waals surface area contributed by atoms with E-state index in [0.717, 1.165) is 24.8 Å². The van der Waals surface area contributed by atoms with Crippen molar-refractivity contribution in [2.75, 3.05) is 32.6 Å². The monoisotopic (exact) mass is 418 g/mol. The van der Waals surface area contributed by atoms with E-state index >= 15 is 0 Å². The van der Waals surface area contributed by atoms with Crippen LogP contribution >= 0.6 is 0 Å². The van der Waals surface area contributed by atoms with Crippen molar-refractivity contribution in [1.29, 1.82) is 0 Å². The van der Waals surface area contributed by atoms with Gasteiger partial charge in [0.2, 0.25) is 15.9 Å². The fraction of sp³-hybridized carbons (Fsp3) is 0.381. The van der Waals surface area contributed by atoms with Gasteiger partial charge in [0.25, 0.3) is 0 Å². The first-order valence-electron chi connectivity index (χ1n) is 9.55. The molecule has 7 nitrogen and oxygen atoms in total. The molecular formula is C21H26N2O5S. The second-order valence-corrected chi connectivity index (χ2v) is 8.84. The largest absolute Gasteiger partial charge is 0.493 e. The number of amides is 1. The summed E-state index contributed by atoms with van der Waals surface area (Å²) >= 11 is 0. The van der Waals surface area contributed by atoms with Gasteiger partial charge in [-0.3, -0.25) is 4.79 Å². The molecule has 1 heterocycles. The first-order valence-corrected chi connectivity index (χ1v) is 11.0. The fourth-order valence-electron chi connectivity index (χ4n) is 3.37. The number of rotatable bonds is 7. The number of benzene rings is 2. The van der Waals surface area contributed by atoms with Gasteiger partial charge in [-0.25, -0.2) is 8.42 Å². The van der Waals surface area contributed by atoms with Crippen LogP contribution in [0.2, 0.25) is 0 Å². The second-order valence-electron chi connectivity index (χ2n) is 6.91. The Labute approximate surface area is 171 Å². The summed E-state index contributed by atoms with van der Waals surface area (Å²) in [7, 11) is -0.456. The first-order chi connectivity index (χ1) is 13.9. The Balaban J connectivity index is 1.70. The molecule has 1 aliphatic heterocycles. The summed E-state index contributed by atoms with van der Waals surface area (Å²) in [4.78, 5) is 12.7. The van der Waals surface area contributed by atoms with Gasteiger partial charge in [0, 0.05) is 18.8 Å². The molecule has 8 heteroatoms. The van der Waals surface area contributed by atoms with Crippen molar-refractivity contribution < 1.29 is 22.7 Å². The SMILES string of the molecule is COc1ccc(CC(=O)Nc2cccc(S(=O)(=O)N3CCCCC3)c2)cc1OC. The van der Waals surface area contributed by atoms with Gasteiger partial charge < -0.3 is 14.8 Å². The molecule has 2 aromatic carbocycles. The lowest BCUT2D eigenvalue weighted by Gasteiger charge is -2.26. The van der Waals surface area contributed by atoms with Crippen LogP contribution in [-0.2, 0) is 21.2 Å². The number of hydrogen-bond donors (Lipinski definition) is 1. The molecule has 29 heavy (non-hydrogen) atoms. The van der Waals surface area contributed by atoms with Crippen LogP contribution in [0.5, 0.6) is 11.5 Å². The molecule has 1 saturated heterocycles. The normalized spacial score (nSPS) is 15.0. The van der Waals surface area contributed by atoms with E-state index in [1.54, 1.807) is 43.5 Å². The summed E-state index contributed by atoms with van der Waals surface area (Å²) in [6, 6.07) is 11.7. The summed E-state index contributed by atoms with van der Waals surface area (Å²) in [5.74, 6) is 0.893. The van der Waals surface area contributed by atoms with Gasteiger partial charge in [-0.1, -0.05) is 18.6 Å². The standard InChI is InChI=1S/C21H26N2O5S/c1-27-19-10-9-16(13-20(19)28-2)14-21(24)22-17-7-6-8-18(15-17)29(25,26)23-11-4-3-5-12-23/h6-10,13,15H,3-5,11-12,14H2,1-2H3,(H,22,24). The Morgan fingerprint density at radius 3 is 2.41 bits per heavy atom. The van der Waals surface area contributed by atoms with E-state index in [9.17, 15) is 13.2 Å². The number of anilines is 1. The van der Waals surface area contributed by atoms with Crippen molar-refractivity contribution in [1.82, 2.24) is 4.31 Å². The maximum atomic E-state index is 12.8. The highest BCUT2D eigenvalue weighted by Crippen LogP contribution is 2.28. The van der Waals surface area contributed by atoms with Crippen LogP contribution in [0, 0.1) is 0 Å². The quantitative estimate of drug-likeness (QED) is 0.747. The molecule has 0 unspecified atom stereocenters. The molecule has 1 aliphatic rings. The summed E-state index contributed by atoms with van der Waals surface area (Å²) in [6.07, 6.45) is 2.93. The molecule has 1 N–H and O–H groups in total. The number of hydrogen-bond acceptors (Lipinski definition) is 5. The van der Waals surface area contributed by atoms with Crippen LogP contribution in [0.25, 0.3) is 0 Å². The van der Waals surface area contributed by atoms with Gasteiger partial charge in [0.1, 0.15) is 0 Å². The van der Waals surface area contributed by atoms with Crippen molar-refractivity contribution in [3.05, 3.63) is 48.0 Å². The van der Waals surface area contributed by atoms with Gasteiger partial charge in [-0.15, -0.1) is 0 Å². The van der Waals surface area contributed by atoms with Crippen LogP contribution < -0.4 is 14.8 Å². The average Bonchev–Trinajstić information content (AvgIpc) is 2.74. The number of piperidine rings is 1. The van der Waals surface area contributed by atoms with Crippen molar-refractivity contribution in [2.45, 2.75) is 30.6 Å². The average molecular weight is 419 g/mol. The summed E-state index contributed by atoms with van der Waals surface area (Å²) in [6.45, 7) is 1.08. The molecule has 0 saturated carbocycles. The Kier molecular flexibility index (Phi) is 6.76. The van der Waals surface area contributed by atoms with Crippen molar-refractivity contribution in [3.63, 3.8) is 0 Å². The van der Waals surface area contributed by atoms with E-state index in [4.69, 9.17) is 9.47 Å². The topological polar surface area (TPSA) is 84.9 Å². The van der Waals surface area contributed by atoms with Crippen LogP contribution in [0.1, 0.15) is 24.8 Å². The zero-order valence-electron chi connectivity index (χ0n) is 16.7. The van der Waals surface area contributed by atoms with Gasteiger partial charge in [-0.05, 0) is 48.7 Å². The van der Waals surface area contributed by atoms with Gasteiger partial charge >= 0.3 is 0 Å². The molecule has 0 aromatic heterocycles. The second kappa shape index (κ2) is 9.28. The number of carbonyl (C=O) groups is 1. The third kappa shape index (κ3) is 5.07. The summed E-state index contributed by atoms with van der Waals surface area (Å²) < 4.78 is 37.6. The Morgan fingerprint density at radius 2 is 1.72 bits per heavy atom. The minimum absolute atomic E-state index is 0.128. The fourth-order valence-corrected chi connectivity index (χ4v) is 4.93. The highest BCUT2D eigenvalue weighted by molar-refractivity contribution is 7.89. The van der Waals surface area contributed by atoms with E-state index in [1.165, 1.54) is 17.5 Å². The molecule has 0 spiro atoms. The Bertz CT molecular complexity index is 969. The van der Waals surface area contributed by atoms with Crippen LogP contribution in [-0.4, -0.2) is 45.9 Å². The molecule has 156 valence electrons. The molecule has 2 aromatic rings. The predicted octanol–water partition coefficient (Wildman–Crippen LogP) is 3.06. The minimum Gasteiger partial charge on any atom is -0.493 e. The van der Waals surface area contributed by atoms with E-state index in [0.29, 0.717) is 30.3 Å². The van der Waals surface area contributed by atoms with E-state index < -0.39 is 10.0 Å². The molecule has 0 aliphatic carbocycles. The molecule has 1 amide bonds. The van der Waals surface area contributed by atoms with Gasteiger partial charge in [-0.2, -0.15) is 4.31 Å². The number of carbonyl (C=O) groups excluding carboxylic acids is 1. The minimum atomic E-state index is -3.54. The molecule has 1 fully saturated rings. The molecule has 0 bridgehead atoms. The van der Waals surface area contributed by atoms with E-state index in [1.807, 2.05) is 0 Å². The molecule has 0 atom stereocenters. The van der Waals surface area contributed by atoms with Crippen molar-refractivity contribution in [2.24, 2.45) is 0 Å². The number of sulfonamides is 1. The highest BCUT2D eigenvalue weighted by Gasteiger charge is 2.26. The van der Waals surface area contributed by atoms with Crippen LogP contribution in [0.3, 0.4) is 0 Å². The lowest BCUT2D eigenvalue weighted by molar-refractivity contribution is -0.115. The maximum absolute atomic E-state index is 12.8. The van der Waals surface area contributed by atoms with Gasteiger partial charge in [0.15, 0.2) is 11.5 Å². The number of ether oxygens (including phenoxy) is 2. The molecule has 3 rings (SSSR count).